The van der Waals surface area contributed by atoms with Gasteiger partial charge >= 0.3 is 0 Å². The molecule has 3 heterocycles. The molecule has 3 N–H and O–H groups in total. The van der Waals surface area contributed by atoms with E-state index in [9.17, 15) is 37.8 Å². The number of halogens is 3. The van der Waals surface area contributed by atoms with Gasteiger partial charge in [0.05, 0.1) is 17.8 Å². The molecule has 0 radical (unpaired) electrons. The third kappa shape index (κ3) is 3.75. The standard InChI is InChI=1S/C22H22F3N3O5/c1-2-3-4-27-9-11-7-15(29)17-16(19(30)20(31)18(22(27)33)28(11)17)21(32)26-8-12-13(24)5-10(23)6-14(12)25/h5-6,11,15,29,31H,2-4,7-9H2,1H3,(H,26,32). The topological polar surface area (TPSA) is 112 Å². The van der Waals surface area contributed by atoms with Crippen LogP contribution < -0.4 is 10.7 Å². The molecule has 11 heteroatoms. The molecule has 0 saturated heterocycles. The van der Waals surface area contributed by atoms with E-state index in [1.165, 1.54) is 9.47 Å². The van der Waals surface area contributed by atoms with Crippen LogP contribution in [0.15, 0.2) is 16.9 Å². The second-order valence-corrected chi connectivity index (χ2v) is 8.20. The van der Waals surface area contributed by atoms with Crippen LogP contribution in [-0.2, 0) is 6.54 Å². The summed E-state index contributed by atoms with van der Waals surface area (Å²) in [7, 11) is 0. The molecule has 0 saturated carbocycles. The summed E-state index contributed by atoms with van der Waals surface area (Å²) in [6, 6.07) is 0.451. The SMILES string of the molecule is CCCCN1CC2CC(O)c3c(C(=O)NCc4c(F)cc(F)cc4F)c(=O)c(O)c(n32)C1=O. The van der Waals surface area contributed by atoms with Crippen molar-refractivity contribution in [2.24, 2.45) is 0 Å². The van der Waals surface area contributed by atoms with Gasteiger partial charge in [-0.25, -0.2) is 13.2 Å². The lowest BCUT2D eigenvalue weighted by Gasteiger charge is -2.34. The second-order valence-electron chi connectivity index (χ2n) is 8.20. The molecule has 2 amide bonds. The number of benzene rings is 1. The van der Waals surface area contributed by atoms with E-state index >= 15 is 0 Å². The smallest absolute Gasteiger partial charge is 0.274 e. The highest BCUT2D eigenvalue weighted by atomic mass is 19.1. The van der Waals surface area contributed by atoms with Crippen molar-refractivity contribution in [1.82, 2.24) is 14.8 Å². The van der Waals surface area contributed by atoms with E-state index in [0.29, 0.717) is 18.7 Å². The molecule has 1 aromatic carbocycles. The van der Waals surface area contributed by atoms with Crippen LogP contribution in [0.25, 0.3) is 0 Å². The van der Waals surface area contributed by atoms with Crippen molar-refractivity contribution >= 4 is 11.8 Å². The molecule has 0 bridgehead atoms. The summed E-state index contributed by atoms with van der Waals surface area (Å²) in [5.74, 6) is -6.16. The van der Waals surface area contributed by atoms with Crippen LogP contribution in [0.3, 0.4) is 0 Å². The summed E-state index contributed by atoms with van der Waals surface area (Å²) in [4.78, 5) is 40.2. The third-order valence-corrected chi connectivity index (χ3v) is 6.06. The number of aliphatic hydroxyl groups excluding tert-OH is 1. The highest BCUT2D eigenvalue weighted by Crippen LogP contribution is 2.42. The molecule has 8 nitrogen and oxygen atoms in total. The van der Waals surface area contributed by atoms with Gasteiger partial charge in [0.1, 0.15) is 23.0 Å². The highest BCUT2D eigenvalue weighted by molar-refractivity contribution is 6.00. The monoisotopic (exact) mass is 465 g/mol. The van der Waals surface area contributed by atoms with Gasteiger partial charge in [-0.1, -0.05) is 13.3 Å². The van der Waals surface area contributed by atoms with Gasteiger partial charge in [-0.05, 0) is 6.42 Å². The van der Waals surface area contributed by atoms with E-state index in [-0.39, 0.29) is 24.4 Å². The van der Waals surface area contributed by atoms with E-state index in [1.807, 2.05) is 6.92 Å². The molecule has 1 aromatic heterocycles. The molecule has 0 aliphatic carbocycles. The summed E-state index contributed by atoms with van der Waals surface area (Å²) in [6.45, 7) is 1.91. The number of carbonyl (C=O) groups is 2. The van der Waals surface area contributed by atoms with Crippen LogP contribution in [-0.4, -0.2) is 44.6 Å². The normalized spacial score (nSPS) is 19.1. The highest BCUT2D eigenvalue weighted by Gasteiger charge is 2.44. The number of nitrogens with one attached hydrogen (secondary N) is 1. The summed E-state index contributed by atoms with van der Waals surface area (Å²) in [5.41, 5.74) is -2.81. The van der Waals surface area contributed by atoms with E-state index in [1.54, 1.807) is 0 Å². The Labute approximate surface area is 186 Å². The van der Waals surface area contributed by atoms with Crippen molar-refractivity contribution in [1.29, 1.82) is 0 Å². The number of nitrogens with zero attached hydrogens (tertiary/aromatic N) is 2. The first-order valence-corrected chi connectivity index (χ1v) is 10.6. The van der Waals surface area contributed by atoms with Gasteiger partial charge in [-0.3, -0.25) is 14.4 Å². The van der Waals surface area contributed by atoms with Crippen LogP contribution in [0.5, 0.6) is 5.75 Å². The number of hydrogen-bond acceptors (Lipinski definition) is 5. The van der Waals surface area contributed by atoms with Gasteiger partial charge in [0, 0.05) is 43.8 Å². The lowest BCUT2D eigenvalue weighted by atomic mass is 10.1. The van der Waals surface area contributed by atoms with Gasteiger partial charge in [0.15, 0.2) is 11.4 Å². The number of hydrogen-bond donors (Lipinski definition) is 3. The van der Waals surface area contributed by atoms with Crippen molar-refractivity contribution in [3.05, 3.63) is 62.3 Å². The van der Waals surface area contributed by atoms with Crippen LogP contribution in [0.1, 0.15) is 70.4 Å². The van der Waals surface area contributed by atoms with Gasteiger partial charge in [0.25, 0.3) is 11.8 Å². The Kier molecular flexibility index (Phi) is 5.91. The fourth-order valence-corrected chi connectivity index (χ4v) is 4.49. The molecule has 176 valence electrons. The first-order chi connectivity index (χ1) is 15.6. The third-order valence-electron chi connectivity index (χ3n) is 6.06. The fourth-order valence-electron chi connectivity index (χ4n) is 4.49. The fraction of sp³-hybridized carbons (Fsp3) is 0.409. The quantitative estimate of drug-likeness (QED) is 0.605. The van der Waals surface area contributed by atoms with E-state index in [4.69, 9.17) is 0 Å². The predicted octanol–water partition coefficient (Wildman–Crippen LogP) is 2.14. The molecule has 33 heavy (non-hydrogen) atoms. The number of rotatable bonds is 6. The van der Waals surface area contributed by atoms with Gasteiger partial charge in [0.2, 0.25) is 5.43 Å². The Balaban J connectivity index is 1.72. The average molecular weight is 465 g/mol. The Morgan fingerprint density at radius 3 is 2.52 bits per heavy atom. The Bertz CT molecular complexity index is 1190. The molecule has 2 aromatic rings. The molecule has 2 aliphatic heterocycles. The van der Waals surface area contributed by atoms with Crippen molar-refractivity contribution in [3.63, 3.8) is 0 Å². The minimum absolute atomic E-state index is 0.118. The molecule has 2 aliphatic rings. The number of aromatic hydroxyl groups is 1. The summed E-state index contributed by atoms with van der Waals surface area (Å²) >= 11 is 0. The zero-order chi connectivity index (χ0) is 24.0. The molecular formula is C22H22F3N3O5. The number of aromatic nitrogens is 1. The number of unbranched alkanes of at least 4 members (excludes halogenated alkanes) is 1. The molecule has 0 spiro atoms. The maximum atomic E-state index is 13.9. The Morgan fingerprint density at radius 1 is 1.21 bits per heavy atom. The van der Waals surface area contributed by atoms with Crippen molar-refractivity contribution in [3.8, 4) is 5.75 Å². The van der Waals surface area contributed by atoms with E-state index in [0.717, 1.165) is 12.8 Å². The average Bonchev–Trinajstić information content (AvgIpc) is 3.06. The van der Waals surface area contributed by atoms with Crippen LogP contribution in [0.4, 0.5) is 13.2 Å². The zero-order valence-electron chi connectivity index (χ0n) is 17.7. The van der Waals surface area contributed by atoms with Crippen LogP contribution >= 0.6 is 0 Å². The predicted molar refractivity (Wildman–Crippen MR) is 109 cm³/mol. The lowest BCUT2D eigenvalue weighted by molar-refractivity contribution is 0.0654. The maximum Gasteiger partial charge on any atom is 0.274 e. The van der Waals surface area contributed by atoms with Gasteiger partial charge < -0.3 is 25.0 Å². The minimum atomic E-state index is -1.26. The van der Waals surface area contributed by atoms with Crippen LogP contribution in [0, 0.1) is 17.5 Å². The van der Waals surface area contributed by atoms with Crippen molar-refractivity contribution in [2.45, 2.75) is 44.9 Å². The number of carbonyl (C=O) groups excluding carboxylic acids is 2. The summed E-state index contributed by atoms with van der Waals surface area (Å²) < 4.78 is 42.2. The first-order valence-electron chi connectivity index (χ1n) is 10.6. The maximum absolute atomic E-state index is 13.9. The zero-order valence-corrected chi connectivity index (χ0v) is 17.7. The van der Waals surface area contributed by atoms with Gasteiger partial charge in [-0.2, -0.15) is 0 Å². The molecule has 4 rings (SSSR count). The van der Waals surface area contributed by atoms with Crippen molar-refractivity contribution in [2.75, 3.05) is 13.1 Å². The van der Waals surface area contributed by atoms with Crippen molar-refractivity contribution < 1.29 is 33.0 Å². The lowest BCUT2D eigenvalue weighted by Crippen LogP contribution is -2.45. The van der Waals surface area contributed by atoms with Gasteiger partial charge in [-0.15, -0.1) is 0 Å². The Morgan fingerprint density at radius 2 is 1.88 bits per heavy atom. The Hall–Kier alpha value is -3.34. The number of amides is 2. The largest absolute Gasteiger partial charge is 0.503 e. The number of aliphatic hydroxyl groups is 1. The van der Waals surface area contributed by atoms with E-state index in [2.05, 4.69) is 5.32 Å². The minimum Gasteiger partial charge on any atom is -0.503 e. The summed E-state index contributed by atoms with van der Waals surface area (Å²) in [5, 5.41) is 23.3. The molecular weight excluding hydrogens is 443 g/mol. The molecule has 0 fully saturated rings. The summed E-state index contributed by atoms with van der Waals surface area (Å²) in [6.07, 6.45) is 0.402. The molecule has 2 unspecified atom stereocenters. The first kappa shape index (κ1) is 22.8. The van der Waals surface area contributed by atoms with Crippen LogP contribution in [0.2, 0.25) is 0 Å². The van der Waals surface area contributed by atoms with E-state index < -0.39 is 70.3 Å². The molecule has 2 atom stereocenters. The second kappa shape index (κ2) is 8.54. The number of pyridine rings is 1.